The van der Waals surface area contributed by atoms with Crippen molar-refractivity contribution in [1.82, 2.24) is 9.88 Å². The van der Waals surface area contributed by atoms with Crippen molar-refractivity contribution in [2.24, 2.45) is 0 Å². The van der Waals surface area contributed by atoms with E-state index in [2.05, 4.69) is 35.1 Å². The molecule has 0 atom stereocenters. The monoisotopic (exact) mass is 241 g/mol. The van der Waals surface area contributed by atoms with Gasteiger partial charge in [0.15, 0.2) is 0 Å². The summed E-state index contributed by atoms with van der Waals surface area (Å²) in [7, 11) is 0. The molecule has 94 valence electrons. The molecule has 0 aliphatic carbocycles. The second-order valence-corrected chi connectivity index (χ2v) is 4.46. The van der Waals surface area contributed by atoms with Gasteiger partial charge in [-0.3, -0.25) is 0 Å². The van der Waals surface area contributed by atoms with Crippen molar-refractivity contribution < 1.29 is 0 Å². The van der Waals surface area contributed by atoms with E-state index in [-0.39, 0.29) is 0 Å². The highest BCUT2D eigenvalue weighted by Crippen LogP contribution is 2.19. The lowest BCUT2D eigenvalue weighted by Crippen LogP contribution is -2.20. The third-order valence-corrected chi connectivity index (χ3v) is 3.17. The van der Waals surface area contributed by atoms with Crippen LogP contribution in [-0.4, -0.2) is 17.7 Å². The van der Waals surface area contributed by atoms with Gasteiger partial charge in [0.1, 0.15) is 0 Å². The fraction of sp³-hybridized carbons (Fsp3) is 0.400. The molecule has 1 aromatic carbocycles. The lowest BCUT2D eigenvalue weighted by atomic mass is 10.1. The number of aromatic nitrogens is 1. The summed E-state index contributed by atoms with van der Waals surface area (Å²) in [5, 5.41) is 13.5. The number of nitriles is 1. The van der Waals surface area contributed by atoms with Crippen molar-refractivity contribution in [3.05, 3.63) is 36.0 Å². The summed E-state index contributed by atoms with van der Waals surface area (Å²) in [6, 6.07) is 10.2. The van der Waals surface area contributed by atoms with E-state index < -0.39 is 0 Å². The Morgan fingerprint density at radius 3 is 2.94 bits per heavy atom. The lowest BCUT2D eigenvalue weighted by molar-refractivity contribution is 0.588. The van der Waals surface area contributed by atoms with E-state index in [0.717, 1.165) is 36.1 Å². The minimum atomic E-state index is 0.755. The van der Waals surface area contributed by atoms with Crippen LogP contribution in [0.5, 0.6) is 0 Å². The molecule has 0 fully saturated rings. The Morgan fingerprint density at radius 2 is 2.17 bits per heavy atom. The standard InChI is InChI=1S/C15H19N3/c1-2-3-8-17-9-11-18-10-7-14-13(12-16)5-4-6-15(14)18/h4-7,10,17H,2-3,8-9,11H2,1H3. The maximum absolute atomic E-state index is 9.05. The van der Waals surface area contributed by atoms with Gasteiger partial charge in [-0.25, -0.2) is 0 Å². The molecule has 0 unspecified atom stereocenters. The number of nitrogens with one attached hydrogen (secondary N) is 1. The number of nitrogens with zero attached hydrogens (tertiary/aromatic N) is 2. The minimum Gasteiger partial charge on any atom is -0.346 e. The number of fused-ring (bicyclic) bond motifs is 1. The summed E-state index contributed by atoms with van der Waals surface area (Å²) in [5.74, 6) is 0. The van der Waals surface area contributed by atoms with Gasteiger partial charge in [-0.1, -0.05) is 19.4 Å². The molecule has 0 aliphatic rings. The van der Waals surface area contributed by atoms with Crippen LogP contribution in [0.15, 0.2) is 30.5 Å². The Labute approximate surface area is 108 Å². The molecule has 3 heteroatoms. The summed E-state index contributed by atoms with van der Waals surface area (Å²) in [6.45, 7) is 5.20. The van der Waals surface area contributed by atoms with Gasteiger partial charge in [-0.05, 0) is 31.2 Å². The van der Waals surface area contributed by atoms with Gasteiger partial charge in [0, 0.05) is 30.2 Å². The molecule has 3 nitrogen and oxygen atoms in total. The van der Waals surface area contributed by atoms with Gasteiger partial charge in [0.25, 0.3) is 0 Å². The molecule has 2 rings (SSSR count). The van der Waals surface area contributed by atoms with Crippen LogP contribution in [0, 0.1) is 11.3 Å². The first-order valence-corrected chi connectivity index (χ1v) is 6.55. The topological polar surface area (TPSA) is 40.8 Å². The summed E-state index contributed by atoms with van der Waals surface area (Å²) in [6.07, 6.45) is 4.52. The Bertz CT molecular complexity index is 548. The molecular weight excluding hydrogens is 222 g/mol. The van der Waals surface area contributed by atoms with Gasteiger partial charge in [0.2, 0.25) is 0 Å². The average Bonchev–Trinajstić information content (AvgIpc) is 2.82. The highest BCUT2D eigenvalue weighted by molar-refractivity contribution is 5.85. The second kappa shape index (κ2) is 6.23. The second-order valence-electron chi connectivity index (χ2n) is 4.46. The smallest absolute Gasteiger partial charge is 0.0998 e. The molecule has 0 bridgehead atoms. The van der Waals surface area contributed by atoms with Crippen LogP contribution in [0.1, 0.15) is 25.3 Å². The first-order chi connectivity index (χ1) is 8.86. The van der Waals surface area contributed by atoms with Crippen LogP contribution < -0.4 is 5.32 Å². The zero-order valence-electron chi connectivity index (χ0n) is 10.8. The van der Waals surface area contributed by atoms with E-state index in [0.29, 0.717) is 0 Å². The van der Waals surface area contributed by atoms with Gasteiger partial charge in [0.05, 0.1) is 11.6 Å². The number of hydrogen-bond acceptors (Lipinski definition) is 2. The molecule has 0 saturated carbocycles. The van der Waals surface area contributed by atoms with Crippen LogP contribution in [0.3, 0.4) is 0 Å². The molecule has 2 aromatic rings. The summed E-state index contributed by atoms with van der Waals surface area (Å²) in [4.78, 5) is 0. The molecule has 0 aliphatic heterocycles. The zero-order chi connectivity index (χ0) is 12.8. The van der Waals surface area contributed by atoms with Crippen molar-refractivity contribution in [3.8, 4) is 6.07 Å². The van der Waals surface area contributed by atoms with Gasteiger partial charge >= 0.3 is 0 Å². The highest BCUT2D eigenvalue weighted by atomic mass is 15.0. The van der Waals surface area contributed by atoms with Crippen molar-refractivity contribution >= 4 is 10.9 Å². The van der Waals surface area contributed by atoms with E-state index in [1.807, 2.05) is 18.2 Å². The Hall–Kier alpha value is -1.79. The van der Waals surface area contributed by atoms with Gasteiger partial charge in [-0.15, -0.1) is 0 Å². The predicted molar refractivity (Wildman–Crippen MR) is 74.4 cm³/mol. The first kappa shape index (κ1) is 12.7. The average molecular weight is 241 g/mol. The normalized spacial score (nSPS) is 10.7. The SMILES string of the molecule is CCCCNCCn1ccc2c(C#N)cccc21. The Balaban J connectivity index is 2.04. The summed E-state index contributed by atoms with van der Waals surface area (Å²) in [5.41, 5.74) is 1.90. The highest BCUT2D eigenvalue weighted by Gasteiger charge is 2.04. The first-order valence-electron chi connectivity index (χ1n) is 6.55. The number of rotatable bonds is 6. The van der Waals surface area contributed by atoms with Crippen molar-refractivity contribution in [3.63, 3.8) is 0 Å². The maximum atomic E-state index is 9.05. The molecule has 1 heterocycles. The lowest BCUT2D eigenvalue weighted by Gasteiger charge is -2.07. The molecule has 0 amide bonds. The fourth-order valence-corrected chi connectivity index (χ4v) is 2.14. The Kier molecular flexibility index (Phi) is 4.38. The van der Waals surface area contributed by atoms with Gasteiger partial charge < -0.3 is 9.88 Å². The van der Waals surface area contributed by atoms with E-state index in [1.54, 1.807) is 0 Å². The van der Waals surface area contributed by atoms with Crippen molar-refractivity contribution in [1.29, 1.82) is 5.26 Å². The van der Waals surface area contributed by atoms with E-state index >= 15 is 0 Å². The van der Waals surface area contributed by atoms with E-state index in [4.69, 9.17) is 5.26 Å². The molecule has 0 radical (unpaired) electrons. The zero-order valence-corrected chi connectivity index (χ0v) is 10.8. The van der Waals surface area contributed by atoms with Crippen molar-refractivity contribution in [2.75, 3.05) is 13.1 Å². The van der Waals surface area contributed by atoms with Crippen molar-refractivity contribution in [2.45, 2.75) is 26.3 Å². The largest absolute Gasteiger partial charge is 0.346 e. The third-order valence-electron chi connectivity index (χ3n) is 3.17. The van der Waals surface area contributed by atoms with E-state index in [1.165, 1.54) is 12.8 Å². The van der Waals surface area contributed by atoms with Gasteiger partial charge in [-0.2, -0.15) is 5.26 Å². The third kappa shape index (κ3) is 2.72. The quantitative estimate of drug-likeness (QED) is 0.790. The number of hydrogen-bond donors (Lipinski definition) is 1. The molecule has 1 aromatic heterocycles. The van der Waals surface area contributed by atoms with Crippen LogP contribution in [-0.2, 0) is 6.54 Å². The van der Waals surface area contributed by atoms with Crippen LogP contribution >= 0.6 is 0 Å². The van der Waals surface area contributed by atoms with Crippen LogP contribution in [0.2, 0.25) is 0 Å². The summed E-state index contributed by atoms with van der Waals surface area (Å²) >= 11 is 0. The van der Waals surface area contributed by atoms with Crippen LogP contribution in [0.4, 0.5) is 0 Å². The maximum Gasteiger partial charge on any atom is 0.0998 e. The molecule has 1 N–H and O–H groups in total. The summed E-state index contributed by atoms with van der Waals surface area (Å²) < 4.78 is 2.20. The number of benzene rings is 1. The molecule has 0 saturated heterocycles. The number of unbranched alkanes of at least 4 members (excludes halogenated alkanes) is 1. The predicted octanol–water partition coefficient (Wildman–Crippen LogP) is 2.90. The molecule has 18 heavy (non-hydrogen) atoms. The van der Waals surface area contributed by atoms with E-state index in [9.17, 15) is 0 Å². The minimum absolute atomic E-state index is 0.755. The van der Waals surface area contributed by atoms with Crippen LogP contribution in [0.25, 0.3) is 10.9 Å². The Morgan fingerprint density at radius 1 is 1.28 bits per heavy atom. The molecular formula is C15H19N3. The molecule has 0 spiro atoms. The fourth-order valence-electron chi connectivity index (χ4n) is 2.14.